The second-order valence-corrected chi connectivity index (χ2v) is 9.50. The lowest BCUT2D eigenvalue weighted by atomic mass is 10.1. The topological polar surface area (TPSA) is 103 Å². The molecule has 1 unspecified atom stereocenters. The predicted molar refractivity (Wildman–Crippen MR) is 133 cm³/mol. The van der Waals surface area contributed by atoms with Gasteiger partial charge in [0.1, 0.15) is 16.3 Å². The molecule has 4 aromatic rings. The molecular weight excluding hydrogens is 570 g/mol. The van der Waals surface area contributed by atoms with E-state index in [1.807, 2.05) is 0 Å². The Balaban J connectivity index is 1.76. The predicted octanol–water partition coefficient (Wildman–Crippen LogP) is 6.09. The largest absolute Gasteiger partial charge is 0.573 e. The van der Waals surface area contributed by atoms with E-state index in [4.69, 9.17) is 4.74 Å². The van der Waals surface area contributed by atoms with Gasteiger partial charge in [0, 0.05) is 4.88 Å². The van der Waals surface area contributed by atoms with Crippen molar-refractivity contribution < 1.29 is 45.7 Å². The fraction of sp³-hybridized carbons (Fsp3) is 0.280. The van der Waals surface area contributed by atoms with Gasteiger partial charge in [0.2, 0.25) is 0 Å². The SMILES string of the molecule is CCC(O)Cn1c(=O)[nH]c(=O)c2c(C)c(-c3ccc(Oc4ccc(OC(F)(F)F)cc4)c(OC(F)(F)F)c3)sc21. The number of benzene rings is 2. The number of nitrogens with one attached hydrogen (secondary N) is 1. The van der Waals surface area contributed by atoms with Crippen molar-refractivity contribution in [2.75, 3.05) is 0 Å². The zero-order chi connectivity index (χ0) is 29.4. The van der Waals surface area contributed by atoms with Crippen molar-refractivity contribution in [1.29, 1.82) is 0 Å². The summed E-state index contributed by atoms with van der Waals surface area (Å²) >= 11 is 0.975. The Bertz CT molecular complexity index is 1640. The van der Waals surface area contributed by atoms with E-state index in [0.29, 0.717) is 16.9 Å². The zero-order valence-electron chi connectivity index (χ0n) is 20.6. The number of fused-ring (bicyclic) bond motifs is 1. The summed E-state index contributed by atoms with van der Waals surface area (Å²) in [7, 11) is 0. The van der Waals surface area contributed by atoms with Crippen LogP contribution in [0.15, 0.2) is 52.1 Å². The molecule has 1 atom stereocenters. The number of alkyl halides is 6. The van der Waals surface area contributed by atoms with Crippen LogP contribution in [0.25, 0.3) is 20.7 Å². The number of H-pyrrole nitrogens is 1. The van der Waals surface area contributed by atoms with Gasteiger partial charge in [-0.3, -0.25) is 14.3 Å². The van der Waals surface area contributed by atoms with E-state index >= 15 is 0 Å². The minimum absolute atomic E-state index is 0.0997. The number of hydrogen-bond acceptors (Lipinski definition) is 7. The maximum absolute atomic E-state index is 13.3. The number of hydrogen-bond donors (Lipinski definition) is 2. The minimum Gasteiger partial charge on any atom is -0.453 e. The molecule has 0 fully saturated rings. The Kier molecular flexibility index (Phi) is 7.90. The van der Waals surface area contributed by atoms with Gasteiger partial charge in [-0.25, -0.2) is 4.79 Å². The molecule has 2 heterocycles. The maximum atomic E-state index is 13.3. The number of aliphatic hydroxyl groups is 1. The summed E-state index contributed by atoms with van der Waals surface area (Å²) in [5.41, 5.74) is -0.845. The van der Waals surface area contributed by atoms with Gasteiger partial charge in [0.15, 0.2) is 11.5 Å². The highest BCUT2D eigenvalue weighted by atomic mass is 32.1. The molecule has 40 heavy (non-hydrogen) atoms. The normalized spacial score (nSPS) is 12.9. The Morgan fingerprint density at radius 2 is 1.57 bits per heavy atom. The van der Waals surface area contributed by atoms with Crippen LogP contribution in [0.3, 0.4) is 0 Å². The number of rotatable bonds is 8. The molecule has 0 amide bonds. The summed E-state index contributed by atoms with van der Waals surface area (Å²) in [5.74, 6) is -1.81. The molecule has 0 saturated carbocycles. The lowest BCUT2D eigenvalue weighted by Crippen LogP contribution is -2.33. The fourth-order valence-electron chi connectivity index (χ4n) is 3.83. The van der Waals surface area contributed by atoms with Gasteiger partial charge in [0.05, 0.1) is 18.0 Å². The number of aryl methyl sites for hydroxylation is 1. The Labute approximate surface area is 225 Å². The molecule has 8 nitrogen and oxygen atoms in total. The molecule has 0 aliphatic rings. The molecule has 0 saturated heterocycles. The van der Waals surface area contributed by atoms with Crippen LogP contribution >= 0.6 is 11.3 Å². The van der Waals surface area contributed by atoms with Gasteiger partial charge in [0.25, 0.3) is 5.56 Å². The average Bonchev–Trinajstić information content (AvgIpc) is 3.19. The molecule has 4 rings (SSSR count). The third kappa shape index (κ3) is 6.59. The van der Waals surface area contributed by atoms with Crippen LogP contribution in [0, 0.1) is 6.92 Å². The van der Waals surface area contributed by atoms with E-state index in [9.17, 15) is 41.0 Å². The number of nitrogens with zero attached hydrogens (tertiary/aromatic N) is 1. The third-order valence-electron chi connectivity index (χ3n) is 5.65. The number of halogens is 6. The average molecular weight is 590 g/mol. The third-order valence-corrected chi connectivity index (χ3v) is 7.01. The van der Waals surface area contributed by atoms with Crippen LogP contribution in [0.4, 0.5) is 26.3 Å². The first-order valence-electron chi connectivity index (χ1n) is 11.5. The summed E-state index contributed by atoms with van der Waals surface area (Å²) in [5, 5.41) is 10.2. The Morgan fingerprint density at radius 1 is 0.950 bits per heavy atom. The van der Waals surface area contributed by atoms with Crippen LogP contribution in [-0.4, -0.2) is 33.5 Å². The summed E-state index contributed by atoms with van der Waals surface area (Å²) in [4.78, 5) is 27.8. The molecule has 0 spiro atoms. The molecule has 15 heteroatoms. The van der Waals surface area contributed by atoms with Crippen LogP contribution < -0.4 is 25.5 Å². The summed E-state index contributed by atoms with van der Waals surface area (Å²) in [6.45, 7) is 3.16. The number of thiophene rings is 1. The van der Waals surface area contributed by atoms with E-state index in [2.05, 4.69) is 14.5 Å². The molecule has 2 aromatic heterocycles. The van der Waals surface area contributed by atoms with Gasteiger partial charge in [-0.05, 0) is 66.9 Å². The highest BCUT2D eigenvalue weighted by molar-refractivity contribution is 7.22. The van der Waals surface area contributed by atoms with Crippen molar-refractivity contribution in [2.24, 2.45) is 0 Å². The van der Waals surface area contributed by atoms with Crippen LogP contribution in [0.5, 0.6) is 23.0 Å². The lowest BCUT2D eigenvalue weighted by Gasteiger charge is -2.15. The number of aromatic nitrogens is 2. The first-order valence-corrected chi connectivity index (χ1v) is 12.3. The van der Waals surface area contributed by atoms with E-state index in [-0.39, 0.29) is 28.1 Å². The Morgan fingerprint density at radius 3 is 2.17 bits per heavy atom. The van der Waals surface area contributed by atoms with E-state index in [1.54, 1.807) is 13.8 Å². The highest BCUT2D eigenvalue weighted by Crippen LogP contribution is 2.42. The van der Waals surface area contributed by atoms with Gasteiger partial charge < -0.3 is 19.3 Å². The number of ether oxygens (including phenoxy) is 3. The minimum atomic E-state index is -5.12. The number of aliphatic hydroxyl groups excluding tert-OH is 1. The summed E-state index contributed by atoms with van der Waals surface area (Å²) in [6, 6.07) is 7.58. The van der Waals surface area contributed by atoms with Gasteiger partial charge >= 0.3 is 18.4 Å². The fourth-order valence-corrected chi connectivity index (χ4v) is 5.14. The molecule has 214 valence electrons. The first-order chi connectivity index (χ1) is 18.6. The molecule has 2 N–H and O–H groups in total. The maximum Gasteiger partial charge on any atom is 0.573 e. The van der Waals surface area contributed by atoms with Crippen molar-refractivity contribution in [3.05, 3.63) is 68.9 Å². The number of aromatic amines is 1. The molecule has 0 bridgehead atoms. The van der Waals surface area contributed by atoms with Crippen LogP contribution in [-0.2, 0) is 6.54 Å². The second kappa shape index (κ2) is 10.9. The quantitative estimate of drug-likeness (QED) is 0.241. The van der Waals surface area contributed by atoms with Crippen molar-refractivity contribution >= 4 is 21.6 Å². The van der Waals surface area contributed by atoms with E-state index < -0.39 is 47.3 Å². The van der Waals surface area contributed by atoms with Crippen molar-refractivity contribution in [2.45, 2.75) is 45.6 Å². The lowest BCUT2D eigenvalue weighted by molar-refractivity contribution is -0.275. The van der Waals surface area contributed by atoms with E-state index in [1.165, 1.54) is 16.7 Å². The zero-order valence-corrected chi connectivity index (χ0v) is 21.5. The van der Waals surface area contributed by atoms with Crippen LogP contribution in [0.1, 0.15) is 18.9 Å². The molecule has 0 aliphatic heterocycles. The van der Waals surface area contributed by atoms with Crippen LogP contribution in [0.2, 0.25) is 0 Å². The van der Waals surface area contributed by atoms with Crippen molar-refractivity contribution in [1.82, 2.24) is 9.55 Å². The highest BCUT2D eigenvalue weighted by Gasteiger charge is 2.33. The van der Waals surface area contributed by atoms with Gasteiger partial charge in [-0.1, -0.05) is 6.92 Å². The molecule has 0 aliphatic carbocycles. The second-order valence-electron chi connectivity index (χ2n) is 8.50. The summed E-state index contributed by atoms with van der Waals surface area (Å²) in [6.07, 6.45) is -10.6. The molecule has 2 aromatic carbocycles. The van der Waals surface area contributed by atoms with E-state index in [0.717, 1.165) is 41.7 Å². The molecule has 0 radical (unpaired) electrons. The summed E-state index contributed by atoms with van der Waals surface area (Å²) < 4.78 is 91.5. The van der Waals surface area contributed by atoms with Crippen molar-refractivity contribution in [3.63, 3.8) is 0 Å². The smallest absolute Gasteiger partial charge is 0.453 e. The van der Waals surface area contributed by atoms with Crippen molar-refractivity contribution in [3.8, 4) is 33.4 Å². The molecular formula is C25H20F6N2O6S. The van der Waals surface area contributed by atoms with Gasteiger partial charge in [-0.15, -0.1) is 37.7 Å². The Hall–Kier alpha value is -3.98. The monoisotopic (exact) mass is 590 g/mol. The standard InChI is InChI=1S/C25H20F6N2O6S/c1-3-14(34)11-33-22-19(21(35)32-23(33)36)12(2)20(40-22)13-4-9-17(18(10-13)39-25(29,30)31)37-15-5-7-16(8-6-15)38-24(26,27)28/h4-10,14,34H,3,11H2,1-2H3,(H,32,35,36). The van der Waals surface area contributed by atoms with Gasteiger partial charge in [-0.2, -0.15) is 0 Å². The first kappa shape index (κ1) is 29.0.